The smallest absolute Gasteiger partial charge is 0.228 e. The van der Waals surface area contributed by atoms with Crippen molar-refractivity contribution < 1.29 is 4.79 Å². The van der Waals surface area contributed by atoms with E-state index in [1.54, 1.807) is 12.4 Å². The van der Waals surface area contributed by atoms with Gasteiger partial charge in [-0.3, -0.25) is 9.78 Å². The van der Waals surface area contributed by atoms with Gasteiger partial charge in [-0.15, -0.1) is 0 Å². The molecule has 0 radical (unpaired) electrons. The van der Waals surface area contributed by atoms with Gasteiger partial charge >= 0.3 is 0 Å². The van der Waals surface area contributed by atoms with Crippen molar-refractivity contribution in [2.45, 2.75) is 6.42 Å². The monoisotopic (exact) mass is 338 g/mol. The summed E-state index contributed by atoms with van der Waals surface area (Å²) in [5.41, 5.74) is 1.73. The molecule has 86 valence electrons. The van der Waals surface area contributed by atoms with Crippen molar-refractivity contribution in [1.29, 1.82) is 0 Å². The first-order valence-electron chi connectivity index (χ1n) is 5.18. The zero-order chi connectivity index (χ0) is 12.1. The second-order valence-corrected chi connectivity index (χ2v) is 4.84. The first-order valence-corrected chi connectivity index (χ1v) is 6.26. The van der Waals surface area contributed by atoms with Crippen LogP contribution in [0.4, 0.5) is 5.69 Å². The third-order valence-corrected chi connectivity index (χ3v) is 2.93. The van der Waals surface area contributed by atoms with Crippen LogP contribution in [-0.2, 0) is 11.2 Å². The molecule has 0 saturated carbocycles. The third-order valence-electron chi connectivity index (χ3n) is 2.22. The maximum Gasteiger partial charge on any atom is 0.228 e. The van der Waals surface area contributed by atoms with Crippen molar-refractivity contribution in [2.75, 3.05) is 5.32 Å². The van der Waals surface area contributed by atoms with Gasteiger partial charge in [0.05, 0.1) is 6.42 Å². The number of rotatable bonds is 3. The number of carbonyl (C=O) groups is 1. The largest absolute Gasteiger partial charge is 0.326 e. The fourth-order valence-electron chi connectivity index (χ4n) is 1.43. The second kappa shape index (κ2) is 5.77. The fourth-order valence-corrected chi connectivity index (χ4v) is 1.79. The summed E-state index contributed by atoms with van der Waals surface area (Å²) < 4.78 is 1.15. The number of amides is 1. The van der Waals surface area contributed by atoms with Crippen LogP contribution in [0.3, 0.4) is 0 Å². The molecule has 17 heavy (non-hydrogen) atoms. The molecule has 0 unspecified atom stereocenters. The van der Waals surface area contributed by atoms with Gasteiger partial charge in [0.15, 0.2) is 0 Å². The number of pyridine rings is 1. The topological polar surface area (TPSA) is 42.0 Å². The maximum absolute atomic E-state index is 11.7. The number of halogens is 1. The van der Waals surface area contributed by atoms with Gasteiger partial charge in [-0.2, -0.15) is 0 Å². The van der Waals surface area contributed by atoms with Crippen molar-refractivity contribution in [3.05, 3.63) is 57.9 Å². The van der Waals surface area contributed by atoms with E-state index in [9.17, 15) is 4.79 Å². The summed E-state index contributed by atoms with van der Waals surface area (Å²) in [6.07, 6.45) is 3.74. The van der Waals surface area contributed by atoms with E-state index in [-0.39, 0.29) is 5.91 Å². The van der Waals surface area contributed by atoms with E-state index in [0.717, 1.165) is 14.8 Å². The van der Waals surface area contributed by atoms with E-state index in [4.69, 9.17) is 0 Å². The van der Waals surface area contributed by atoms with Crippen LogP contribution >= 0.6 is 22.6 Å². The van der Waals surface area contributed by atoms with Crippen molar-refractivity contribution in [3.63, 3.8) is 0 Å². The first kappa shape index (κ1) is 12.0. The highest BCUT2D eigenvalue weighted by molar-refractivity contribution is 14.1. The molecule has 0 spiro atoms. The number of nitrogens with one attached hydrogen (secondary N) is 1. The van der Waals surface area contributed by atoms with Crippen molar-refractivity contribution in [1.82, 2.24) is 4.98 Å². The Morgan fingerprint density at radius 3 is 2.65 bits per heavy atom. The molecule has 3 nitrogen and oxygen atoms in total. The molecule has 1 aromatic heterocycles. The van der Waals surface area contributed by atoms with Gasteiger partial charge in [0, 0.05) is 21.7 Å². The van der Waals surface area contributed by atoms with Gasteiger partial charge in [-0.25, -0.2) is 0 Å². The summed E-state index contributed by atoms with van der Waals surface area (Å²) >= 11 is 2.23. The molecule has 0 aliphatic rings. The molecule has 1 amide bonds. The van der Waals surface area contributed by atoms with Gasteiger partial charge in [-0.1, -0.05) is 6.07 Å². The number of benzene rings is 1. The quantitative estimate of drug-likeness (QED) is 0.875. The van der Waals surface area contributed by atoms with Gasteiger partial charge in [-0.05, 0) is 58.5 Å². The summed E-state index contributed by atoms with van der Waals surface area (Å²) in [4.78, 5) is 15.7. The Hall–Kier alpha value is -1.43. The standard InChI is InChI=1S/C13H11IN2O/c14-11-3-5-12(6-4-11)16-13(17)8-10-2-1-7-15-9-10/h1-7,9H,8H2,(H,16,17). The molecule has 0 fully saturated rings. The molecule has 0 aliphatic heterocycles. The third kappa shape index (κ3) is 3.81. The molecule has 4 heteroatoms. The minimum absolute atomic E-state index is 0.0285. The molecule has 0 atom stereocenters. The van der Waals surface area contributed by atoms with E-state index in [2.05, 4.69) is 32.9 Å². The lowest BCUT2D eigenvalue weighted by molar-refractivity contribution is -0.115. The fraction of sp³-hybridized carbons (Fsp3) is 0.0769. The van der Waals surface area contributed by atoms with Crippen molar-refractivity contribution in [3.8, 4) is 0 Å². The van der Waals surface area contributed by atoms with E-state index >= 15 is 0 Å². The van der Waals surface area contributed by atoms with Crippen molar-refractivity contribution >= 4 is 34.2 Å². The Labute approximate surface area is 113 Å². The molecular weight excluding hydrogens is 327 g/mol. The predicted molar refractivity (Wildman–Crippen MR) is 75.7 cm³/mol. The number of anilines is 1. The Morgan fingerprint density at radius 2 is 2.00 bits per heavy atom. The zero-order valence-electron chi connectivity index (χ0n) is 9.06. The minimum Gasteiger partial charge on any atom is -0.326 e. The highest BCUT2D eigenvalue weighted by atomic mass is 127. The highest BCUT2D eigenvalue weighted by Gasteiger charge is 2.03. The molecule has 0 bridgehead atoms. The number of carbonyl (C=O) groups excluding carboxylic acids is 1. The van der Waals surface area contributed by atoms with Crippen LogP contribution in [0.2, 0.25) is 0 Å². The summed E-state index contributed by atoms with van der Waals surface area (Å²) in [7, 11) is 0. The summed E-state index contributed by atoms with van der Waals surface area (Å²) in [6.45, 7) is 0. The summed E-state index contributed by atoms with van der Waals surface area (Å²) in [5, 5.41) is 2.85. The number of hydrogen-bond acceptors (Lipinski definition) is 2. The van der Waals surface area contributed by atoms with Gasteiger partial charge < -0.3 is 5.32 Å². The second-order valence-electron chi connectivity index (χ2n) is 3.59. The summed E-state index contributed by atoms with van der Waals surface area (Å²) in [6, 6.07) is 11.4. The van der Waals surface area contributed by atoms with Crippen LogP contribution in [0, 0.1) is 3.57 Å². The average Bonchev–Trinajstić information content (AvgIpc) is 2.33. The normalized spacial score (nSPS) is 9.94. The van der Waals surface area contributed by atoms with E-state index in [1.807, 2.05) is 36.4 Å². The van der Waals surface area contributed by atoms with Crippen molar-refractivity contribution in [2.24, 2.45) is 0 Å². The summed E-state index contributed by atoms with van der Waals surface area (Å²) in [5.74, 6) is -0.0285. The molecule has 1 N–H and O–H groups in total. The van der Waals surface area contributed by atoms with E-state index < -0.39 is 0 Å². The Morgan fingerprint density at radius 1 is 1.24 bits per heavy atom. The maximum atomic E-state index is 11.7. The number of nitrogens with zero attached hydrogens (tertiary/aromatic N) is 1. The minimum atomic E-state index is -0.0285. The van der Waals surface area contributed by atoms with Crippen LogP contribution in [0.15, 0.2) is 48.8 Å². The highest BCUT2D eigenvalue weighted by Crippen LogP contribution is 2.11. The SMILES string of the molecule is O=C(Cc1cccnc1)Nc1ccc(I)cc1. The average molecular weight is 338 g/mol. The van der Waals surface area contributed by atoms with Crippen LogP contribution < -0.4 is 5.32 Å². The van der Waals surface area contributed by atoms with Crippen LogP contribution in [0.5, 0.6) is 0 Å². The van der Waals surface area contributed by atoms with Crippen LogP contribution in [0.1, 0.15) is 5.56 Å². The molecule has 1 aromatic carbocycles. The lowest BCUT2D eigenvalue weighted by Gasteiger charge is -2.05. The molecule has 0 aliphatic carbocycles. The molecule has 1 heterocycles. The Bertz CT molecular complexity index is 497. The van der Waals surface area contributed by atoms with E-state index in [1.165, 1.54) is 0 Å². The van der Waals surface area contributed by atoms with E-state index in [0.29, 0.717) is 6.42 Å². The van der Waals surface area contributed by atoms with Gasteiger partial charge in [0.1, 0.15) is 0 Å². The molecule has 2 rings (SSSR count). The van der Waals surface area contributed by atoms with Crippen LogP contribution in [-0.4, -0.2) is 10.9 Å². The lowest BCUT2D eigenvalue weighted by Crippen LogP contribution is -2.14. The van der Waals surface area contributed by atoms with Gasteiger partial charge in [0.2, 0.25) is 5.91 Å². The Kier molecular flexibility index (Phi) is 4.08. The molecule has 0 saturated heterocycles. The molecule has 2 aromatic rings. The zero-order valence-corrected chi connectivity index (χ0v) is 11.2. The number of aromatic nitrogens is 1. The lowest BCUT2D eigenvalue weighted by atomic mass is 10.2. The van der Waals surface area contributed by atoms with Gasteiger partial charge in [0.25, 0.3) is 0 Å². The predicted octanol–water partition coefficient (Wildman–Crippen LogP) is 2.87. The number of hydrogen-bond donors (Lipinski definition) is 1. The van der Waals surface area contributed by atoms with Crippen LogP contribution in [0.25, 0.3) is 0 Å². The Balaban J connectivity index is 1.96. The first-order chi connectivity index (χ1) is 8.24. The molecular formula is C13H11IN2O.